The van der Waals surface area contributed by atoms with E-state index in [1.165, 1.54) is 5.57 Å². The zero-order valence-corrected chi connectivity index (χ0v) is 9.47. The van der Waals surface area contributed by atoms with Gasteiger partial charge in [0.25, 0.3) is 0 Å². The average Bonchev–Trinajstić information content (AvgIpc) is 2.02. The smallest absolute Gasteiger partial charge is 0.130 e. The van der Waals surface area contributed by atoms with Crippen molar-refractivity contribution in [2.24, 2.45) is 0 Å². The molecule has 0 atom stereocenters. The normalized spacial score (nSPS) is 13.1. The van der Waals surface area contributed by atoms with Gasteiger partial charge in [-0.1, -0.05) is 23.3 Å². The van der Waals surface area contributed by atoms with Crippen LogP contribution in [0.1, 0.15) is 46.5 Å². The van der Waals surface area contributed by atoms with Gasteiger partial charge in [-0.25, -0.2) is 0 Å². The Morgan fingerprint density at radius 1 is 1.07 bits per heavy atom. The molecule has 0 N–H and O–H groups in total. The van der Waals surface area contributed by atoms with Gasteiger partial charge in [0.15, 0.2) is 0 Å². The monoisotopic (exact) mass is 192 g/mol. The lowest BCUT2D eigenvalue weighted by atomic mass is 10.1. The number of allylic oxidation sites excluding steroid dienone is 4. The van der Waals surface area contributed by atoms with Crippen molar-refractivity contribution in [3.8, 4) is 0 Å². The third-order valence-corrected chi connectivity index (χ3v) is 1.99. The number of hydrogen-bond acceptors (Lipinski definition) is 1. The molecule has 1 heteroatoms. The predicted molar refractivity (Wildman–Crippen MR) is 61.0 cm³/mol. The van der Waals surface area contributed by atoms with Gasteiger partial charge >= 0.3 is 0 Å². The van der Waals surface area contributed by atoms with Gasteiger partial charge in [-0.15, -0.1) is 0 Å². The fraction of sp³-hybridized carbons (Fsp3) is 0.538. The van der Waals surface area contributed by atoms with Crippen LogP contribution < -0.4 is 0 Å². The Balaban J connectivity index is 3.67. The summed E-state index contributed by atoms with van der Waals surface area (Å²) >= 11 is 0. The van der Waals surface area contributed by atoms with Crippen molar-refractivity contribution in [1.29, 1.82) is 0 Å². The van der Waals surface area contributed by atoms with Gasteiger partial charge < -0.3 is 4.79 Å². The van der Waals surface area contributed by atoms with Crippen molar-refractivity contribution in [1.82, 2.24) is 0 Å². The van der Waals surface area contributed by atoms with E-state index < -0.39 is 0 Å². The Labute approximate surface area is 87.9 Å². The Kier molecular flexibility index (Phi) is 7.09. The van der Waals surface area contributed by atoms with Crippen molar-refractivity contribution in [2.75, 3.05) is 0 Å². The van der Waals surface area contributed by atoms with Crippen LogP contribution in [0.5, 0.6) is 0 Å². The van der Waals surface area contributed by atoms with Crippen molar-refractivity contribution < 1.29 is 4.79 Å². The molecule has 0 heterocycles. The molecule has 0 amide bonds. The van der Waals surface area contributed by atoms with Crippen LogP contribution in [-0.2, 0) is 4.79 Å². The summed E-state index contributed by atoms with van der Waals surface area (Å²) in [6.45, 7) is 11.1. The maximum atomic E-state index is 10.7. The lowest BCUT2D eigenvalue weighted by Crippen LogP contribution is -1.87. The zero-order valence-electron chi connectivity index (χ0n) is 9.47. The maximum absolute atomic E-state index is 10.7. The van der Waals surface area contributed by atoms with Gasteiger partial charge in [-0.3, -0.25) is 0 Å². The van der Waals surface area contributed by atoms with E-state index in [4.69, 9.17) is 6.92 Å². The number of Topliss-reactive ketones (excluding diaryl/α,β-unsaturated/α-hetero) is 1. The van der Waals surface area contributed by atoms with E-state index in [1.54, 1.807) is 6.92 Å². The second-order valence-electron chi connectivity index (χ2n) is 3.78. The highest BCUT2D eigenvalue weighted by molar-refractivity contribution is 5.75. The minimum atomic E-state index is 0.256. The summed E-state index contributed by atoms with van der Waals surface area (Å²) in [5.74, 6) is 0.256. The van der Waals surface area contributed by atoms with E-state index in [-0.39, 0.29) is 5.78 Å². The molecule has 78 valence electrons. The molecular weight excluding hydrogens is 172 g/mol. The van der Waals surface area contributed by atoms with Gasteiger partial charge in [-0.05, 0) is 47.0 Å². The standard InChI is InChI=1S/C13H20O/c1-11(2)7-5-8-12(3)9-6-10-13(4)14/h1,7,9H,5-6,8,10H2,2-4H3/b11-7-,12-9+. The van der Waals surface area contributed by atoms with E-state index in [0.717, 1.165) is 24.8 Å². The van der Waals surface area contributed by atoms with Gasteiger partial charge in [0.2, 0.25) is 0 Å². The highest BCUT2D eigenvalue weighted by atomic mass is 16.1. The Morgan fingerprint density at radius 2 is 1.64 bits per heavy atom. The first-order valence-electron chi connectivity index (χ1n) is 5.09. The van der Waals surface area contributed by atoms with E-state index in [9.17, 15) is 4.79 Å². The summed E-state index contributed by atoms with van der Waals surface area (Å²) in [5, 5.41) is 0. The minimum absolute atomic E-state index is 0.256. The average molecular weight is 192 g/mol. The second kappa shape index (κ2) is 7.54. The zero-order chi connectivity index (χ0) is 11.0. The summed E-state index contributed by atoms with van der Waals surface area (Å²) in [5.41, 5.74) is 2.21. The summed E-state index contributed by atoms with van der Waals surface area (Å²) in [4.78, 5) is 10.7. The van der Waals surface area contributed by atoms with Crippen LogP contribution in [0.2, 0.25) is 0 Å². The number of rotatable bonds is 6. The first kappa shape index (κ1) is 13.2. The van der Waals surface area contributed by atoms with Gasteiger partial charge in [-0.2, -0.15) is 0 Å². The summed E-state index contributed by atoms with van der Waals surface area (Å²) in [6.07, 6.45) is 7.72. The van der Waals surface area contributed by atoms with Crippen LogP contribution >= 0.6 is 0 Å². The van der Waals surface area contributed by atoms with Crippen LogP contribution in [0.25, 0.3) is 0 Å². The minimum Gasteiger partial charge on any atom is -0.300 e. The molecule has 0 aromatic rings. The molecule has 0 fully saturated rings. The maximum Gasteiger partial charge on any atom is 0.130 e. The summed E-state index contributed by atoms with van der Waals surface area (Å²) in [7, 11) is 0. The summed E-state index contributed by atoms with van der Waals surface area (Å²) < 4.78 is 0. The van der Waals surface area contributed by atoms with Crippen molar-refractivity contribution in [3.63, 3.8) is 0 Å². The molecular formula is C13H20O. The topological polar surface area (TPSA) is 17.1 Å². The Hall–Kier alpha value is -0.850. The Morgan fingerprint density at radius 3 is 2.14 bits per heavy atom. The van der Waals surface area contributed by atoms with E-state index >= 15 is 0 Å². The van der Waals surface area contributed by atoms with Gasteiger partial charge in [0.1, 0.15) is 5.78 Å². The molecule has 0 saturated carbocycles. The van der Waals surface area contributed by atoms with Gasteiger partial charge in [0.05, 0.1) is 0 Å². The van der Waals surface area contributed by atoms with Crippen LogP contribution in [0.3, 0.4) is 0 Å². The fourth-order valence-corrected chi connectivity index (χ4v) is 1.15. The van der Waals surface area contributed by atoms with Gasteiger partial charge in [0, 0.05) is 6.42 Å². The first-order chi connectivity index (χ1) is 6.52. The largest absolute Gasteiger partial charge is 0.300 e. The number of carbonyl (C=O) groups excluding carboxylic acids is 1. The lowest BCUT2D eigenvalue weighted by Gasteiger charge is -1.98. The number of hydrogen-bond donors (Lipinski definition) is 0. The molecule has 0 aromatic heterocycles. The third kappa shape index (κ3) is 9.24. The molecule has 0 unspecified atom stereocenters. The quantitative estimate of drug-likeness (QED) is 0.586. The third-order valence-electron chi connectivity index (χ3n) is 1.99. The molecule has 0 aliphatic heterocycles. The highest BCUT2D eigenvalue weighted by Crippen LogP contribution is 2.08. The molecule has 0 saturated heterocycles. The molecule has 1 nitrogen and oxygen atoms in total. The van der Waals surface area contributed by atoms with E-state index in [0.29, 0.717) is 6.42 Å². The molecule has 0 spiro atoms. The van der Waals surface area contributed by atoms with Crippen LogP contribution in [0.4, 0.5) is 0 Å². The summed E-state index contributed by atoms with van der Waals surface area (Å²) in [6, 6.07) is 0. The van der Waals surface area contributed by atoms with Crippen molar-refractivity contribution in [3.05, 3.63) is 30.2 Å². The van der Waals surface area contributed by atoms with Crippen LogP contribution in [0.15, 0.2) is 23.3 Å². The van der Waals surface area contributed by atoms with Crippen LogP contribution in [0, 0.1) is 6.92 Å². The van der Waals surface area contributed by atoms with E-state index in [2.05, 4.69) is 13.0 Å². The number of carbonyl (C=O) groups is 1. The number of ketones is 1. The molecule has 0 aliphatic rings. The lowest BCUT2D eigenvalue weighted by molar-refractivity contribution is -0.116. The molecule has 0 bridgehead atoms. The predicted octanol–water partition coefficient (Wildman–Crippen LogP) is 3.74. The first-order valence-corrected chi connectivity index (χ1v) is 5.09. The van der Waals surface area contributed by atoms with Crippen LogP contribution in [-0.4, -0.2) is 5.78 Å². The highest BCUT2D eigenvalue weighted by Gasteiger charge is 1.92. The van der Waals surface area contributed by atoms with E-state index in [1.807, 2.05) is 13.0 Å². The molecule has 0 aliphatic carbocycles. The second-order valence-corrected chi connectivity index (χ2v) is 3.78. The Bertz CT molecular complexity index is 230. The van der Waals surface area contributed by atoms with Crippen molar-refractivity contribution in [2.45, 2.75) is 46.5 Å². The molecule has 0 aromatic carbocycles. The molecule has 0 rings (SSSR count). The molecule has 14 heavy (non-hydrogen) atoms. The van der Waals surface area contributed by atoms with Crippen molar-refractivity contribution >= 4 is 5.78 Å². The molecule has 2 radical (unpaired) electrons. The fourth-order valence-electron chi connectivity index (χ4n) is 1.15. The SMILES string of the molecule is [CH]/C(C)=C/CC/C(C)=C/CCC(C)=O.